The summed E-state index contributed by atoms with van der Waals surface area (Å²) in [5.74, 6) is 0. The fourth-order valence-corrected chi connectivity index (χ4v) is 5.45. The van der Waals surface area contributed by atoms with Gasteiger partial charge in [-0.3, -0.25) is 9.80 Å². The van der Waals surface area contributed by atoms with E-state index in [1.165, 1.54) is 114 Å². The number of allylic oxidation sites excluding steroid dienone is 6. The summed E-state index contributed by atoms with van der Waals surface area (Å²) in [4.78, 5) is 10.1. The molecular formula is C34H61LiN4. The normalized spacial score (nSPS) is 19.9. The number of piperazine rings is 2. The molecule has 2 aliphatic rings. The molecule has 39 heavy (non-hydrogen) atoms. The van der Waals surface area contributed by atoms with E-state index in [-0.39, 0.29) is 18.9 Å². The summed E-state index contributed by atoms with van der Waals surface area (Å²) in [5, 5.41) is 0. The average molecular weight is 533 g/mol. The summed E-state index contributed by atoms with van der Waals surface area (Å²) in [7, 11) is 4.46. The molecule has 0 atom stereocenters. The SMILES string of the molecule is [CH2-]/C(=C/CC/C(=C/CCCCC)CC/C=C(\C)CN1CCN(C)CC1)CC/C=C(\C)CN1CCN(C)CC1.[Li+]. The number of nitrogens with zero attached hydrogens (tertiary/aromatic N) is 4. The van der Waals surface area contributed by atoms with E-state index >= 15 is 0 Å². The van der Waals surface area contributed by atoms with Crippen molar-refractivity contribution in [3.63, 3.8) is 0 Å². The van der Waals surface area contributed by atoms with Crippen LogP contribution in [0.15, 0.2) is 46.6 Å². The Morgan fingerprint density at radius 1 is 0.615 bits per heavy atom. The van der Waals surface area contributed by atoms with Gasteiger partial charge in [0.1, 0.15) is 0 Å². The molecule has 0 aromatic heterocycles. The molecule has 2 rings (SSSR count). The smallest absolute Gasteiger partial charge is 0.304 e. The monoisotopic (exact) mass is 533 g/mol. The third-order valence-electron chi connectivity index (χ3n) is 8.19. The maximum absolute atomic E-state index is 4.37. The Bertz CT molecular complexity index is 753. The van der Waals surface area contributed by atoms with Gasteiger partial charge in [0, 0.05) is 65.4 Å². The van der Waals surface area contributed by atoms with E-state index in [4.69, 9.17) is 0 Å². The van der Waals surface area contributed by atoms with Crippen molar-refractivity contribution in [1.82, 2.24) is 19.6 Å². The van der Waals surface area contributed by atoms with Crippen molar-refractivity contribution < 1.29 is 18.9 Å². The molecule has 0 aliphatic carbocycles. The van der Waals surface area contributed by atoms with E-state index in [9.17, 15) is 0 Å². The van der Waals surface area contributed by atoms with E-state index in [2.05, 4.69) is 85.7 Å². The van der Waals surface area contributed by atoms with Gasteiger partial charge in [0.15, 0.2) is 0 Å². The number of rotatable bonds is 17. The van der Waals surface area contributed by atoms with Gasteiger partial charge in [-0.25, -0.2) is 18.6 Å². The molecule has 2 saturated heterocycles. The van der Waals surface area contributed by atoms with Gasteiger partial charge in [0.2, 0.25) is 0 Å². The first-order valence-corrected chi connectivity index (χ1v) is 15.7. The Kier molecular flexibility index (Phi) is 20.4. The minimum Gasteiger partial charge on any atom is -0.304 e. The van der Waals surface area contributed by atoms with Crippen LogP contribution in [0.1, 0.15) is 85.0 Å². The molecule has 0 unspecified atom stereocenters. The van der Waals surface area contributed by atoms with Crippen LogP contribution >= 0.6 is 0 Å². The molecule has 0 saturated carbocycles. The first-order valence-electron chi connectivity index (χ1n) is 15.7. The van der Waals surface area contributed by atoms with Crippen LogP contribution in [0, 0.1) is 6.92 Å². The van der Waals surface area contributed by atoms with Crippen LogP contribution in [0.2, 0.25) is 0 Å². The summed E-state index contributed by atoms with van der Waals surface area (Å²) >= 11 is 0. The van der Waals surface area contributed by atoms with Crippen molar-refractivity contribution in [2.75, 3.05) is 79.5 Å². The van der Waals surface area contributed by atoms with Gasteiger partial charge in [-0.2, -0.15) is 0 Å². The maximum atomic E-state index is 4.37. The van der Waals surface area contributed by atoms with E-state index in [0.717, 1.165) is 32.4 Å². The van der Waals surface area contributed by atoms with E-state index in [1.807, 2.05) is 0 Å². The van der Waals surface area contributed by atoms with Crippen LogP contribution in [-0.2, 0) is 0 Å². The Balaban J connectivity index is 0.00000760. The number of hydrogen-bond donors (Lipinski definition) is 0. The van der Waals surface area contributed by atoms with Crippen molar-refractivity contribution in [1.29, 1.82) is 0 Å². The van der Waals surface area contributed by atoms with Crippen LogP contribution in [0.5, 0.6) is 0 Å². The Labute approximate surface area is 255 Å². The molecule has 0 radical (unpaired) electrons. The predicted octanol–water partition coefficient (Wildman–Crippen LogP) is 3.99. The Morgan fingerprint density at radius 2 is 1.08 bits per heavy atom. The van der Waals surface area contributed by atoms with Crippen LogP contribution in [0.3, 0.4) is 0 Å². The first-order chi connectivity index (χ1) is 18.4. The second-order valence-electron chi connectivity index (χ2n) is 12.1. The van der Waals surface area contributed by atoms with Crippen molar-refractivity contribution in [2.45, 2.75) is 85.0 Å². The molecule has 0 spiro atoms. The summed E-state index contributed by atoms with van der Waals surface area (Å²) in [6, 6.07) is 0. The standard InChI is InChI=1S/C34H61N4.Li/c1-7-8-9-10-18-34(20-13-17-33(4)30-38-27-23-36(6)24-28-38)19-12-15-31(2)14-11-16-32(3)29-37-25-21-35(5)22-26-37;/h15-18H,2,7-14,19-30H2,1,3-6H3;/q-1;+1/b31-15-,32-16+,33-17+,34-18-;. The molecule has 0 bridgehead atoms. The number of unbranched alkanes of at least 4 members (excludes halogenated alkanes) is 3. The Morgan fingerprint density at radius 3 is 1.56 bits per heavy atom. The van der Waals surface area contributed by atoms with Gasteiger partial charge in [0.25, 0.3) is 0 Å². The topological polar surface area (TPSA) is 13.0 Å². The van der Waals surface area contributed by atoms with Crippen LogP contribution in [-0.4, -0.2) is 99.1 Å². The molecule has 4 nitrogen and oxygen atoms in total. The molecule has 0 aromatic rings. The third-order valence-corrected chi connectivity index (χ3v) is 8.19. The summed E-state index contributed by atoms with van der Waals surface area (Å²) < 4.78 is 0. The van der Waals surface area contributed by atoms with Crippen molar-refractivity contribution in [3.05, 3.63) is 53.5 Å². The summed E-state index contributed by atoms with van der Waals surface area (Å²) in [5.41, 5.74) is 6.00. The van der Waals surface area contributed by atoms with Crippen molar-refractivity contribution >= 4 is 0 Å². The molecule has 5 heteroatoms. The molecule has 218 valence electrons. The second kappa shape index (κ2) is 21.9. The summed E-state index contributed by atoms with van der Waals surface area (Å²) in [6.07, 6.45) is 22.0. The minimum atomic E-state index is 0. The zero-order valence-corrected chi connectivity index (χ0v) is 26.9. The fourth-order valence-electron chi connectivity index (χ4n) is 5.45. The molecular weight excluding hydrogens is 471 g/mol. The number of hydrogen-bond acceptors (Lipinski definition) is 4. The average Bonchev–Trinajstić information content (AvgIpc) is 2.89. The van der Waals surface area contributed by atoms with Gasteiger partial charge in [0.05, 0.1) is 0 Å². The van der Waals surface area contributed by atoms with Gasteiger partial charge >= 0.3 is 18.9 Å². The zero-order chi connectivity index (χ0) is 27.6. The first kappa shape index (κ1) is 36.3. The predicted molar refractivity (Wildman–Crippen MR) is 169 cm³/mol. The van der Waals surface area contributed by atoms with E-state index in [1.54, 1.807) is 5.57 Å². The molecule has 0 N–H and O–H groups in total. The van der Waals surface area contributed by atoms with Crippen LogP contribution in [0.25, 0.3) is 0 Å². The van der Waals surface area contributed by atoms with E-state index < -0.39 is 0 Å². The molecule has 0 aromatic carbocycles. The van der Waals surface area contributed by atoms with Crippen molar-refractivity contribution in [3.8, 4) is 0 Å². The maximum Gasteiger partial charge on any atom is 1.00 e. The molecule has 2 fully saturated rings. The van der Waals surface area contributed by atoms with Gasteiger partial charge in [-0.15, -0.1) is 0 Å². The fraction of sp³-hybridized carbons (Fsp3) is 0.735. The molecule has 2 aliphatic heterocycles. The van der Waals surface area contributed by atoms with Crippen LogP contribution in [0.4, 0.5) is 0 Å². The molecule has 0 amide bonds. The number of likely N-dealkylation sites (N-methyl/N-ethyl adjacent to an activating group) is 2. The van der Waals surface area contributed by atoms with E-state index in [0.29, 0.717) is 0 Å². The third kappa shape index (κ3) is 17.6. The minimum absolute atomic E-state index is 0. The molecule has 2 heterocycles. The summed E-state index contributed by atoms with van der Waals surface area (Å²) in [6.45, 7) is 23.1. The second-order valence-corrected chi connectivity index (χ2v) is 12.1. The van der Waals surface area contributed by atoms with Crippen molar-refractivity contribution in [2.24, 2.45) is 0 Å². The van der Waals surface area contributed by atoms with Gasteiger partial charge < -0.3 is 9.80 Å². The van der Waals surface area contributed by atoms with Gasteiger partial charge in [-0.1, -0.05) is 67.6 Å². The quantitative estimate of drug-likeness (QED) is 0.122. The Hall–Kier alpha value is -0.733. The van der Waals surface area contributed by atoms with Gasteiger partial charge in [-0.05, 0) is 66.5 Å². The zero-order valence-electron chi connectivity index (χ0n) is 26.9. The van der Waals surface area contributed by atoms with Crippen LogP contribution < -0.4 is 18.9 Å². The largest absolute Gasteiger partial charge is 1.00 e.